The number of carbonyl (C=O) groups excluding carboxylic acids is 2. The van der Waals surface area contributed by atoms with Crippen LogP contribution in [0.4, 0.5) is 0 Å². The Bertz CT molecular complexity index is 1480. The number of hydrogen-bond acceptors (Lipinski definition) is 6. The second-order valence-electron chi connectivity index (χ2n) is 11.1. The van der Waals surface area contributed by atoms with Gasteiger partial charge in [-0.05, 0) is 90.7 Å². The summed E-state index contributed by atoms with van der Waals surface area (Å²) in [7, 11) is 1.39. The van der Waals surface area contributed by atoms with Crippen molar-refractivity contribution in [2.75, 3.05) is 26.8 Å². The normalized spacial score (nSPS) is 10.9. The molecule has 0 saturated heterocycles. The number of nitrogens with zero attached hydrogens (tertiary/aromatic N) is 1. The van der Waals surface area contributed by atoms with Gasteiger partial charge in [-0.2, -0.15) is 0 Å². The minimum Gasteiger partial charge on any atom is -0.489 e. The third kappa shape index (κ3) is 10.6. The van der Waals surface area contributed by atoms with Gasteiger partial charge in [0.15, 0.2) is 0 Å². The molecule has 6 heteroatoms. The quantitative estimate of drug-likeness (QED) is 0.0894. The third-order valence-electron chi connectivity index (χ3n) is 7.91. The maximum absolute atomic E-state index is 11.9. The van der Waals surface area contributed by atoms with E-state index in [4.69, 9.17) is 14.2 Å². The highest BCUT2D eigenvalue weighted by Gasteiger charge is 2.12. The van der Waals surface area contributed by atoms with Gasteiger partial charge in [0.05, 0.1) is 19.3 Å². The van der Waals surface area contributed by atoms with E-state index in [9.17, 15) is 9.59 Å². The van der Waals surface area contributed by atoms with Gasteiger partial charge < -0.3 is 14.2 Å². The van der Waals surface area contributed by atoms with Crippen molar-refractivity contribution in [3.63, 3.8) is 0 Å². The van der Waals surface area contributed by atoms with E-state index in [0.29, 0.717) is 25.2 Å². The Morgan fingerprint density at radius 3 is 2.00 bits per heavy atom. The Morgan fingerprint density at radius 1 is 0.711 bits per heavy atom. The lowest BCUT2D eigenvalue weighted by Crippen LogP contribution is -2.27. The minimum absolute atomic E-state index is 0.145. The summed E-state index contributed by atoms with van der Waals surface area (Å²) < 4.78 is 16.3. The van der Waals surface area contributed by atoms with Crippen LogP contribution in [0.1, 0.15) is 65.7 Å². The summed E-state index contributed by atoms with van der Waals surface area (Å²) in [4.78, 5) is 26.1. The Kier molecular flexibility index (Phi) is 13.2. The second kappa shape index (κ2) is 17.8. The second-order valence-corrected chi connectivity index (χ2v) is 11.1. The molecule has 45 heavy (non-hydrogen) atoms. The van der Waals surface area contributed by atoms with Crippen LogP contribution in [0.15, 0.2) is 97.1 Å². The summed E-state index contributed by atoms with van der Waals surface area (Å²) in [5.74, 6) is 0.404. The lowest BCUT2D eigenvalue weighted by Gasteiger charge is -2.23. The molecule has 6 nitrogen and oxygen atoms in total. The smallest absolute Gasteiger partial charge is 0.337 e. The molecule has 0 unspecified atom stereocenters. The highest BCUT2D eigenvalue weighted by molar-refractivity contribution is 5.89. The fourth-order valence-electron chi connectivity index (χ4n) is 5.25. The molecule has 0 atom stereocenters. The standard InChI is InChI=1S/C39H45NO5/c1-4-30-13-19-33(20-14-30)34-21-17-32(18-22-34)29-45-37-11-7-6-10-35(37)25-27-40(26-9-8-12-38(41)44-5-2)28-31-15-23-36(24-16-31)39(42)43-3/h6-7,10-11,13-24H,4-5,8-9,12,25-29H2,1-3H3. The Labute approximate surface area is 268 Å². The largest absolute Gasteiger partial charge is 0.489 e. The average molecular weight is 608 g/mol. The summed E-state index contributed by atoms with van der Waals surface area (Å²) in [6.07, 6.45) is 3.95. The number of hydrogen-bond donors (Lipinski definition) is 0. The predicted octanol–water partition coefficient (Wildman–Crippen LogP) is 8.06. The zero-order valence-corrected chi connectivity index (χ0v) is 26.8. The van der Waals surface area contributed by atoms with Gasteiger partial charge in [0, 0.05) is 19.5 Å². The summed E-state index contributed by atoms with van der Waals surface area (Å²) in [6.45, 7) is 7.30. The van der Waals surface area contributed by atoms with Crippen LogP contribution in [-0.2, 0) is 40.3 Å². The van der Waals surface area contributed by atoms with Gasteiger partial charge >= 0.3 is 11.9 Å². The predicted molar refractivity (Wildman–Crippen MR) is 179 cm³/mol. The van der Waals surface area contributed by atoms with Gasteiger partial charge in [0.1, 0.15) is 12.4 Å². The first-order chi connectivity index (χ1) is 22.0. The number of carbonyl (C=O) groups is 2. The van der Waals surface area contributed by atoms with Gasteiger partial charge in [0.25, 0.3) is 0 Å². The van der Waals surface area contributed by atoms with E-state index in [1.807, 2.05) is 31.2 Å². The molecule has 236 valence electrons. The molecule has 0 aromatic heterocycles. The number of benzene rings is 4. The van der Waals surface area contributed by atoms with Crippen LogP contribution < -0.4 is 4.74 Å². The number of rotatable bonds is 17. The van der Waals surface area contributed by atoms with E-state index in [2.05, 4.69) is 72.5 Å². The number of esters is 2. The SMILES string of the molecule is CCOC(=O)CCCCN(CCc1ccccc1OCc1ccc(-c2ccc(CC)cc2)cc1)Cc1ccc(C(=O)OC)cc1. The van der Waals surface area contributed by atoms with Crippen LogP contribution in [-0.4, -0.2) is 43.6 Å². The first-order valence-electron chi connectivity index (χ1n) is 15.9. The van der Waals surface area contributed by atoms with Crippen molar-refractivity contribution >= 4 is 11.9 Å². The molecule has 0 fully saturated rings. The van der Waals surface area contributed by atoms with Crippen LogP contribution in [0.2, 0.25) is 0 Å². The fraction of sp³-hybridized carbons (Fsp3) is 0.333. The van der Waals surface area contributed by atoms with Crippen molar-refractivity contribution in [2.45, 2.75) is 59.1 Å². The first-order valence-corrected chi connectivity index (χ1v) is 15.9. The van der Waals surface area contributed by atoms with E-state index in [0.717, 1.165) is 67.8 Å². The van der Waals surface area contributed by atoms with Crippen molar-refractivity contribution < 1.29 is 23.8 Å². The average Bonchev–Trinajstić information content (AvgIpc) is 3.08. The lowest BCUT2D eigenvalue weighted by atomic mass is 10.0. The fourth-order valence-corrected chi connectivity index (χ4v) is 5.25. The number of unbranched alkanes of at least 4 members (excludes halogenated alkanes) is 1. The molecule has 0 aliphatic heterocycles. The van der Waals surface area contributed by atoms with E-state index in [-0.39, 0.29) is 11.9 Å². The third-order valence-corrected chi connectivity index (χ3v) is 7.91. The molecule has 4 aromatic rings. The van der Waals surface area contributed by atoms with E-state index in [1.54, 1.807) is 12.1 Å². The highest BCUT2D eigenvalue weighted by atomic mass is 16.5. The summed E-state index contributed by atoms with van der Waals surface area (Å²) in [6, 6.07) is 33.1. The maximum Gasteiger partial charge on any atom is 0.337 e. The van der Waals surface area contributed by atoms with Gasteiger partial charge in [-0.25, -0.2) is 4.79 Å². The summed E-state index contributed by atoms with van der Waals surface area (Å²) >= 11 is 0. The van der Waals surface area contributed by atoms with Crippen LogP contribution in [0.5, 0.6) is 5.75 Å². The van der Waals surface area contributed by atoms with E-state index in [1.165, 1.54) is 23.8 Å². The highest BCUT2D eigenvalue weighted by Crippen LogP contribution is 2.24. The Hall–Kier alpha value is -4.42. The van der Waals surface area contributed by atoms with Crippen molar-refractivity contribution in [1.82, 2.24) is 4.90 Å². The van der Waals surface area contributed by atoms with Crippen LogP contribution in [0, 0.1) is 0 Å². The van der Waals surface area contributed by atoms with Crippen molar-refractivity contribution in [3.8, 4) is 16.9 Å². The van der Waals surface area contributed by atoms with Crippen molar-refractivity contribution in [2.24, 2.45) is 0 Å². The number of aryl methyl sites for hydroxylation is 1. The van der Waals surface area contributed by atoms with E-state index < -0.39 is 0 Å². The van der Waals surface area contributed by atoms with Gasteiger partial charge in [-0.15, -0.1) is 0 Å². The molecular formula is C39H45NO5. The van der Waals surface area contributed by atoms with Crippen molar-refractivity contribution in [3.05, 3.63) is 125 Å². The van der Waals surface area contributed by atoms with Gasteiger partial charge in [0.2, 0.25) is 0 Å². The van der Waals surface area contributed by atoms with Gasteiger partial charge in [-0.3, -0.25) is 9.69 Å². The molecule has 4 aromatic carbocycles. The van der Waals surface area contributed by atoms with Crippen LogP contribution in [0.25, 0.3) is 11.1 Å². The molecule has 0 aliphatic rings. The molecule has 0 bridgehead atoms. The zero-order valence-electron chi connectivity index (χ0n) is 26.8. The molecule has 0 heterocycles. The lowest BCUT2D eigenvalue weighted by molar-refractivity contribution is -0.143. The number of ether oxygens (including phenoxy) is 3. The zero-order chi connectivity index (χ0) is 31.9. The topological polar surface area (TPSA) is 65.1 Å². The first kappa shape index (κ1) is 33.5. The van der Waals surface area contributed by atoms with Crippen LogP contribution in [0.3, 0.4) is 0 Å². The molecule has 0 N–H and O–H groups in total. The van der Waals surface area contributed by atoms with Crippen molar-refractivity contribution in [1.29, 1.82) is 0 Å². The Morgan fingerprint density at radius 2 is 1.36 bits per heavy atom. The van der Waals surface area contributed by atoms with Gasteiger partial charge in [-0.1, -0.05) is 85.8 Å². The molecule has 0 spiro atoms. The number of methoxy groups -OCH3 is 1. The van der Waals surface area contributed by atoms with Crippen LogP contribution >= 0.6 is 0 Å². The molecule has 0 radical (unpaired) electrons. The molecule has 0 aliphatic carbocycles. The molecule has 0 amide bonds. The number of para-hydroxylation sites is 1. The van der Waals surface area contributed by atoms with E-state index >= 15 is 0 Å². The Balaban J connectivity index is 1.36. The summed E-state index contributed by atoms with van der Waals surface area (Å²) in [5, 5.41) is 0. The molecular weight excluding hydrogens is 562 g/mol. The molecule has 0 saturated carbocycles. The summed E-state index contributed by atoms with van der Waals surface area (Å²) in [5.41, 5.74) is 7.68. The monoisotopic (exact) mass is 607 g/mol. The minimum atomic E-state index is -0.341. The maximum atomic E-state index is 11.9. The molecule has 4 rings (SSSR count).